The first kappa shape index (κ1) is 18.7. The lowest BCUT2D eigenvalue weighted by molar-refractivity contribution is -0.137. The number of carbonyl (C=O) groups is 2. The number of amides is 1. The zero-order chi connectivity index (χ0) is 18.4. The molecule has 0 spiro atoms. The van der Waals surface area contributed by atoms with Crippen molar-refractivity contribution in [3.8, 4) is 0 Å². The normalized spacial score (nSPS) is 18.0. The monoisotopic (exact) mass is 359 g/mol. The Morgan fingerprint density at radius 1 is 1.19 bits per heavy atom. The molecular formula is C20H29N3O3. The van der Waals surface area contributed by atoms with Gasteiger partial charge in [0.25, 0.3) is 5.91 Å². The lowest BCUT2D eigenvalue weighted by Gasteiger charge is -2.33. The van der Waals surface area contributed by atoms with Gasteiger partial charge in [-0.05, 0) is 44.7 Å². The van der Waals surface area contributed by atoms with E-state index in [9.17, 15) is 9.59 Å². The van der Waals surface area contributed by atoms with Crippen LogP contribution in [0.2, 0.25) is 0 Å². The molecule has 2 aliphatic rings. The van der Waals surface area contributed by atoms with Crippen LogP contribution in [0, 0.1) is 0 Å². The molecule has 1 aromatic rings. The summed E-state index contributed by atoms with van der Waals surface area (Å²) >= 11 is 0. The SMILES string of the molecule is CCN(C(=O)COC(=O)c1cccnc1N1CCCC1)C1CCCCC1. The predicted octanol–water partition coefficient (Wildman–Crippen LogP) is 3.02. The molecule has 1 amide bonds. The molecule has 1 aliphatic heterocycles. The van der Waals surface area contributed by atoms with Crippen molar-refractivity contribution in [2.75, 3.05) is 31.1 Å². The van der Waals surface area contributed by atoms with E-state index in [2.05, 4.69) is 9.88 Å². The van der Waals surface area contributed by atoms with Gasteiger partial charge in [-0.3, -0.25) is 4.79 Å². The second-order valence-electron chi connectivity index (χ2n) is 7.12. The number of ether oxygens (including phenoxy) is 1. The standard InChI is InChI=1S/C20H29N3O3/c1-2-23(16-9-4-3-5-10-16)18(24)15-26-20(25)17-11-8-12-21-19(17)22-13-6-7-14-22/h8,11-12,16H,2-7,9-10,13-15H2,1H3. The number of rotatable bonds is 6. The molecule has 1 aromatic heterocycles. The van der Waals surface area contributed by atoms with Crippen LogP contribution in [0.25, 0.3) is 0 Å². The highest BCUT2D eigenvalue weighted by Crippen LogP contribution is 2.24. The summed E-state index contributed by atoms with van der Waals surface area (Å²) in [5.41, 5.74) is 0.447. The molecule has 6 nitrogen and oxygen atoms in total. The fourth-order valence-corrected chi connectivity index (χ4v) is 4.06. The maximum atomic E-state index is 12.6. The summed E-state index contributed by atoms with van der Waals surface area (Å²) in [4.78, 5) is 33.5. The van der Waals surface area contributed by atoms with Gasteiger partial charge in [0.05, 0.1) is 0 Å². The predicted molar refractivity (Wildman–Crippen MR) is 100 cm³/mol. The summed E-state index contributed by atoms with van der Waals surface area (Å²) in [7, 11) is 0. The van der Waals surface area contributed by atoms with Gasteiger partial charge in [-0.1, -0.05) is 19.3 Å². The second-order valence-corrected chi connectivity index (χ2v) is 7.12. The minimum Gasteiger partial charge on any atom is -0.452 e. The van der Waals surface area contributed by atoms with Gasteiger partial charge in [0.15, 0.2) is 6.61 Å². The van der Waals surface area contributed by atoms with Crippen LogP contribution in [0.1, 0.15) is 62.2 Å². The molecule has 0 aromatic carbocycles. The Labute approximate surface area is 155 Å². The number of hydrogen-bond donors (Lipinski definition) is 0. The maximum Gasteiger partial charge on any atom is 0.342 e. The summed E-state index contributed by atoms with van der Waals surface area (Å²) in [5.74, 6) is 0.106. The molecule has 6 heteroatoms. The van der Waals surface area contributed by atoms with E-state index < -0.39 is 5.97 Å². The van der Waals surface area contributed by atoms with E-state index in [0.717, 1.165) is 38.8 Å². The molecule has 2 heterocycles. The largest absolute Gasteiger partial charge is 0.452 e. The Hall–Kier alpha value is -2.11. The lowest BCUT2D eigenvalue weighted by Crippen LogP contribution is -2.43. The summed E-state index contributed by atoms with van der Waals surface area (Å²) in [6, 6.07) is 3.75. The third kappa shape index (κ3) is 4.34. The molecule has 142 valence electrons. The highest BCUT2D eigenvalue weighted by molar-refractivity contribution is 5.96. The lowest BCUT2D eigenvalue weighted by atomic mass is 9.94. The van der Waals surface area contributed by atoms with Crippen LogP contribution < -0.4 is 4.90 Å². The zero-order valence-electron chi connectivity index (χ0n) is 15.7. The van der Waals surface area contributed by atoms with Crippen LogP contribution in [0.4, 0.5) is 5.82 Å². The van der Waals surface area contributed by atoms with E-state index in [1.807, 2.05) is 11.8 Å². The number of pyridine rings is 1. The molecule has 1 aliphatic carbocycles. The number of esters is 1. The summed E-state index contributed by atoms with van der Waals surface area (Å²) in [5, 5.41) is 0. The molecule has 3 rings (SSSR count). The Morgan fingerprint density at radius 2 is 1.92 bits per heavy atom. The van der Waals surface area contributed by atoms with Gasteiger partial charge in [-0.15, -0.1) is 0 Å². The van der Waals surface area contributed by atoms with E-state index in [1.165, 1.54) is 19.3 Å². The maximum absolute atomic E-state index is 12.6. The summed E-state index contributed by atoms with van der Waals surface area (Å²) < 4.78 is 5.37. The molecule has 2 fully saturated rings. The molecule has 26 heavy (non-hydrogen) atoms. The van der Waals surface area contributed by atoms with E-state index >= 15 is 0 Å². The molecule has 0 bridgehead atoms. The van der Waals surface area contributed by atoms with Crippen molar-refractivity contribution in [1.29, 1.82) is 0 Å². The van der Waals surface area contributed by atoms with Crippen molar-refractivity contribution in [1.82, 2.24) is 9.88 Å². The fourth-order valence-electron chi connectivity index (χ4n) is 4.06. The smallest absolute Gasteiger partial charge is 0.342 e. The minimum absolute atomic E-state index is 0.0978. The second kappa shape index (κ2) is 9.01. The first-order valence-corrected chi connectivity index (χ1v) is 9.87. The Kier molecular flexibility index (Phi) is 6.47. The van der Waals surface area contributed by atoms with Crippen molar-refractivity contribution in [3.63, 3.8) is 0 Å². The van der Waals surface area contributed by atoms with Crippen LogP contribution in [0.5, 0.6) is 0 Å². The van der Waals surface area contributed by atoms with Crippen molar-refractivity contribution in [2.24, 2.45) is 0 Å². The molecule has 0 radical (unpaired) electrons. The van der Waals surface area contributed by atoms with Crippen LogP contribution in [-0.2, 0) is 9.53 Å². The number of aromatic nitrogens is 1. The van der Waals surface area contributed by atoms with Gasteiger partial charge in [-0.25, -0.2) is 9.78 Å². The molecule has 0 N–H and O–H groups in total. The van der Waals surface area contributed by atoms with E-state index in [4.69, 9.17) is 4.74 Å². The molecule has 0 atom stereocenters. The quantitative estimate of drug-likeness (QED) is 0.731. The van der Waals surface area contributed by atoms with E-state index in [-0.39, 0.29) is 12.5 Å². The number of likely N-dealkylation sites (N-methyl/N-ethyl adjacent to an activating group) is 1. The van der Waals surface area contributed by atoms with E-state index in [0.29, 0.717) is 24.0 Å². The molecule has 0 unspecified atom stereocenters. The van der Waals surface area contributed by atoms with Gasteiger partial charge >= 0.3 is 5.97 Å². The molecule has 1 saturated heterocycles. The first-order valence-electron chi connectivity index (χ1n) is 9.87. The number of hydrogen-bond acceptors (Lipinski definition) is 5. The van der Waals surface area contributed by atoms with Crippen LogP contribution in [-0.4, -0.2) is 54.0 Å². The average molecular weight is 359 g/mol. The molecular weight excluding hydrogens is 330 g/mol. The summed E-state index contributed by atoms with van der Waals surface area (Å²) in [6.07, 6.45) is 9.60. The highest BCUT2D eigenvalue weighted by atomic mass is 16.5. The summed E-state index contributed by atoms with van der Waals surface area (Å²) in [6.45, 7) is 4.26. The van der Waals surface area contributed by atoms with Crippen LogP contribution in [0.3, 0.4) is 0 Å². The zero-order valence-corrected chi connectivity index (χ0v) is 15.7. The van der Waals surface area contributed by atoms with Crippen LogP contribution in [0.15, 0.2) is 18.3 Å². The minimum atomic E-state index is -0.465. The van der Waals surface area contributed by atoms with Gasteiger partial charge < -0.3 is 14.5 Å². The highest BCUT2D eigenvalue weighted by Gasteiger charge is 2.26. The molecule has 1 saturated carbocycles. The topological polar surface area (TPSA) is 62.7 Å². The van der Waals surface area contributed by atoms with Gasteiger partial charge in [-0.2, -0.15) is 0 Å². The van der Waals surface area contributed by atoms with Gasteiger partial charge in [0.1, 0.15) is 11.4 Å². The Bertz CT molecular complexity index is 622. The Balaban J connectivity index is 1.60. The number of nitrogens with zero attached hydrogens (tertiary/aromatic N) is 3. The third-order valence-corrected chi connectivity index (χ3v) is 5.42. The van der Waals surface area contributed by atoms with Crippen molar-refractivity contribution in [3.05, 3.63) is 23.9 Å². The Morgan fingerprint density at radius 3 is 2.62 bits per heavy atom. The van der Waals surface area contributed by atoms with Gasteiger partial charge in [0, 0.05) is 31.9 Å². The van der Waals surface area contributed by atoms with Crippen LogP contribution >= 0.6 is 0 Å². The average Bonchev–Trinajstić information content (AvgIpc) is 3.22. The fraction of sp³-hybridized carbons (Fsp3) is 0.650. The van der Waals surface area contributed by atoms with Gasteiger partial charge in [0.2, 0.25) is 0 Å². The van der Waals surface area contributed by atoms with Crippen molar-refractivity contribution < 1.29 is 14.3 Å². The van der Waals surface area contributed by atoms with Crippen molar-refractivity contribution in [2.45, 2.75) is 57.9 Å². The van der Waals surface area contributed by atoms with E-state index in [1.54, 1.807) is 18.3 Å². The van der Waals surface area contributed by atoms with Crippen molar-refractivity contribution >= 4 is 17.7 Å². The first-order chi connectivity index (χ1) is 12.7. The number of carbonyl (C=O) groups excluding carboxylic acids is 2. The number of anilines is 1. The third-order valence-electron chi connectivity index (χ3n) is 5.42.